The molecule has 2 heterocycles. The SMILES string of the molecule is CCC(C)CCCCCCCC1(OC2(CCCCCCCC(C)CC)CCCCO2)CCCCO1. The summed E-state index contributed by atoms with van der Waals surface area (Å²) < 4.78 is 19.9. The van der Waals surface area contributed by atoms with E-state index in [2.05, 4.69) is 27.7 Å². The molecule has 2 rings (SSSR count). The van der Waals surface area contributed by atoms with E-state index in [0.29, 0.717) is 0 Å². The van der Waals surface area contributed by atoms with Crippen LogP contribution in [0.1, 0.15) is 169 Å². The van der Waals surface area contributed by atoms with Crippen molar-refractivity contribution < 1.29 is 14.2 Å². The van der Waals surface area contributed by atoms with E-state index in [4.69, 9.17) is 14.2 Å². The highest BCUT2D eigenvalue weighted by molar-refractivity contribution is 4.82. The molecule has 4 unspecified atom stereocenters. The van der Waals surface area contributed by atoms with Crippen molar-refractivity contribution in [3.8, 4) is 0 Å². The van der Waals surface area contributed by atoms with E-state index in [-0.39, 0.29) is 0 Å². The molecule has 0 spiro atoms. The highest BCUT2D eigenvalue weighted by atomic mass is 16.8. The molecule has 2 fully saturated rings. The largest absolute Gasteiger partial charge is 0.350 e. The first-order valence-electron chi connectivity index (χ1n) is 16.0. The van der Waals surface area contributed by atoms with Crippen LogP contribution in [0.15, 0.2) is 0 Å². The maximum absolute atomic E-state index is 7.01. The van der Waals surface area contributed by atoms with Gasteiger partial charge in [-0.3, -0.25) is 0 Å². The molecule has 2 aliphatic heterocycles. The molecule has 0 bridgehead atoms. The van der Waals surface area contributed by atoms with Crippen LogP contribution >= 0.6 is 0 Å². The van der Waals surface area contributed by atoms with Crippen molar-refractivity contribution in [2.75, 3.05) is 13.2 Å². The van der Waals surface area contributed by atoms with Crippen molar-refractivity contribution in [2.45, 2.75) is 181 Å². The lowest BCUT2D eigenvalue weighted by Gasteiger charge is -2.47. The van der Waals surface area contributed by atoms with Crippen molar-refractivity contribution in [1.29, 1.82) is 0 Å². The molecule has 0 aliphatic carbocycles. The summed E-state index contributed by atoms with van der Waals surface area (Å²) in [4.78, 5) is 0. The van der Waals surface area contributed by atoms with Gasteiger partial charge in [-0.15, -0.1) is 0 Å². The average molecular weight is 495 g/mol. The van der Waals surface area contributed by atoms with Gasteiger partial charge in [-0.2, -0.15) is 0 Å². The first-order chi connectivity index (χ1) is 17.0. The van der Waals surface area contributed by atoms with Gasteiger partial charge >= 0.3 is 0 Å². The van der Waals surface area contributed by atoms with Gasteiger partial charge in [-0.25, -0.2) is 0 Å². The third-order valence-electron chi connectivity index (χ3n) is 8.91. The van der Waals surface area contributed by atoms with Crippen LogP contribution in [0.25, 0.3) is 0 Å². The van der Waals surface area contributed by atoms with Crippen LogP contribution in [0.5, 0.6) is 0 Å². The summed E-state index contributed by atoms with van der Waals surface area (Å²) in [6.45, 7) is 11.1. The van der Waals surface area contributed by atoms with Crippen LogP contribution in [0.4, 0.5) is 0 Å². The number of hydrogen-bond acceptors (Lipinski definition) is 3. The number of ether oxygens (including phenoxy) is 3. The molecule has 0 radical (unpaired) electrons. The number of unbranched alkanes of at least 4 members (excludes halogenated alkanes) is 8. The minimum atomic E-state index is -0.400. The fourth-order valence-electron chi connectivity index (χ4n) is 5.89. The lowest BCUT2D eigenvalue weighted by molar-refractivity contribution is -0.380. The Morgan fingerprint density at radius 3 is 1.34 bits per heavy atom. The van der Waals surface area contributed by atoms with Crippen LogP contribution in [0.2, 0.25) is 0 Å². The monoisotopic (exact) mass is 494 g/mol. The number of rotatable bonds is 20. The lowest BCUT2D eigenvalue weighted by atomic mass is 9.94. The zero-order chi connectivity index (χ0) is 25.2. The van der Waals surface area contributed by atoms with Gasteiger partial charge in [0, 0.05) is 25.7 Å². The zero-order valence-corrected chi connectivity index (χ0v) is 24.4. The first-order valence-corrected chi connectivity index (χ1v) is 16.0. The molecule has 2 aliphatic rings. The van der Waals surface area contributed by atoms with Crippen LogP contribution < -0.4 is 0 Å². The van der Waals surface area contributed by atoms with Gasteiger partial charge in [-0.05, 0) is 50.4 Å². The minimum absolute atomic E-state index is 0.400. The van der Waals surface area contributed by atoms with E-state index < -0.39 is 11.6 Å². The fraction of sp³-hybridized carbons (Fsp3) is 1.00. The maximum atomic E-state index is 7.01. The van der Waals surface area contributed by atoms with Crippen molar-refractivity contribution in [1.82, 2.24) is 0 Å². The Balaban J connectivity index is 1.77. The van der Waals surface area contributed by atoms with Crippen molar-refractivity contribution in [2.24, 2.45) is 11.8 Å². The molecular weight excluding hydrogens is 432 g/mol. The maximum Gasteiger partial charge on any atom is 0.171 e. The van der Waals surface area contributed by atoms with E-state index in [1.54, 1.807) is 0 Å². The van der Waals surface area contributed by atoms with Crippen LogP contribution in [0, 0.1) is 11.8 Å². The van der Waals surface area contributed by atoms with Crippen LogP contribution in [-0.4, -0.2) is 24.8 Å². The topological polar surface area (TPSA) is 27.7 Å². The molecule has 0 aromatic carbocycles. The third-order valence-corrected chi connectivity index (χ3v) is 8.91. The van der Waals surface area contributed by atoms with Gasteiger partial charge < -0.3 is 14.2 Å². The molecule has 3 heteroatoms. The first kappa shape index (κ1) is 31.1. The van der Waals surface area contributed by atoms with E-state index in [0.717, 1.165) is 50.7 Å². The molecule has 4 atom stereocenters. The molecule has 0 N–H and O–H groups in total. The van der Waals surface area contributed by atoms with E-state index in [9.17, 15) is 0 Å². The highest BCUT2D eigenvalue weighted by Gasteiger charge is 2.44. The van der Waals surface area contributed by atoms with Gasteiger partial charge in [0.2, 0.25) is 0 Å². The Morgan fingerprint density at radius 1 is 0.571 bits per heavy atom. The molecule has 0 aromatic heterocycles. The third kappa shape index (κ3) is 12.8. The average Bonchev–Trinajstić information content (AvgIpc) is 2.88. The van der Waals surface area contributed by atoms with Crippen LogP contribution in [0.3, 0.4) is 0 Å². The van der Waals surface area contributed by atoms with Gasteiger partial charge in [0.1, 0.15) is 0 Å². The second kappa shape index (κ2) is 18.2. The summed E-state index contributed by atoms with van der Waals surface area (Å²) in [5.74, 6) is 0.975. The Morgan fingerprint density at radius 2 is 0.971 bits per heavy atom. The molecular formula is C32H62O3. The van der Waals surface area contributed by atoms with E-state index in [1.165, 1.54) is 116 Å². The molecule has 3 nitrogen and oxygen atoms in total. The Kier molecular flexibility index (Phi) is 16.2. The van der Waals surface area contributed by atoms with Crippen molar-refractivity contribution >= 4 is 0 Å². The Labute approximate surface area is 219 Å². The van der Waals surface area contributed by atoms with Gasteiger partial charge in [0.05, 0.1) is 13.2 Å². The summed E-state index contributed by atoms with van der Waals surface area (Å²) in [6, 6.07) is 0. The number of hydrogen-bond donors (Lipinski definition) is 0. The predicted octanol–water partition coefficient (Wildman–Crippen LogP) is 10.4. The summed E-state index contributed by atoms with van der Waals surface area (Å²) in [7, 11) is 0. The van der Waals surface area contributed by atoms with E-state index >= 15 is 0 Å². The fourth-order valence-corrected chi connectivity index (χ4v) is 5.89. The standard InChI is InChI=1S/C32H62O3/c1-5-29(3)21-13-9-7-11-15-23-31(25-17-19-27-33-31)35-32(26-18-20-28-34-32)24-16-12-8-10-14-22-30(4)6-2/h29-30H,5-28H2,1-4H3. The summed E-state index contributed by atoms with van der Waals surface area (Å²) in [5.41, 5.74) is 0. The van der Waals surface area contributed by atoms with Crippen LogP contribution in [-0.2, 0) is 14.2 Å². The molecule has 35 heavy (non-hydrogen) atoms. The summed E-state index contributed by atoms with van der Waals surface area (Å²) >= 11 is 0. The van der Waals surface area contributed by atoms with Gasteiger partial charge in [0.25, 0.3) is 0 Å². The smallest absolute Gasteiger partial charge is 0.171 e. The molecule has 2 saturated heterocycles. The molecule has 0 amide bonds. The second-order valence-electron chi connectivity index (χ2n) is 12.2. The quantitative estimate of drug-likeness (QED) is 0.157. The summed E-state index contributed by atoms with van der Waals surface area (Å²) in [5, 5.41) is 0. The van der Waals surface area contributed by atoms with Crippen molar-refractivity contribution in [3.05, 3.63) is 0 Å². The molecule has 0 saturated carbocycles. The highest BCUT2D eigenvalue weighted by Crippen LogP contribution is 2.41. The molecule has 208 valence electrons. The molecule has 0 aromatic rings. The Hall–Kier alpha value is -0.120. The van der Waals surface area contributed by atoms with Gasteiger partial charge in [0.15, 0.2) is 11.6 Å². The normalized spacial score (nSPS) is 27.1. The lowest BCUT2D eigenvalue weighted by Crippen LogP contribution is -2.51. The van der Waals surface area contributed by atoms with Gasteiger partial charge in [-0.1, -0.05) is 105 Å². The second-order valence-corrected chi connectivity index (χ2v) is 12.2. The van der Waals surface area contributed by atoms with Crippen molar-refractivity contribution in [3.63, 3.8) is 0 Å². The van der Waals surface area contributed by atoms with E-state index in [1.807, 2.05) is 0 Å². The Bertz CT molecular complexity index is 449. The predicted molar refractivity (Wildman–Crippen MR) is 150 cm³/mol. The minimum Gasteiger partial charge on any atom is -0.350 e. The zero-order valence-electron chi connectivity index (χ0n) is 24.4. The summed E-state index contributed by atoms with van der Waals surface area (Å²) in [6.07, 6.45) is 27.7.